The van der Waals surface area contributed by atoms with E-state index >= 15 is 0 Å². The molecule has 34 heavy (non-hydrogen) atoms. The van der Waals surface area contributed by atoms with E-state index in [0.717, 1.165) is 12.1 Å². The van der Waals surface area contributed by atoms with E-state index in [2.05, 4.69) is 5.10 Å². The van der Waals surface area contributed by atoms with Crippen LogP contribution in [0, 0.1) is 11.6 Å². The van der Waals surface area contributed by atoms with Crippen molar-refractivity contribution in [2.24, 2.45) is 0 Å². The van der Waals surface area contributed by atoms with Crippen LogP contribution in [0.4, 0.5) is 17.6 Å². The molecule has 1 amide bonds. The van der Waals surface area contributed by atoms with Gasteiger partial charge in [-0.15, -0.1) is 0 Å². The lowest BCUT2D eigenvalue weighted by Crippen LogP contribution is -2.39. The molecule has 2 heterocycles. The number of nitrogens with one attached hydrogen (secondary N) is 1. The highest BCUT2D eigenvalue weighted by atomic mass is 32.2. The molecule has 2 aromatic carbocycles. The van der Waals surface area contributed by atoms with Crippen LogP contribution < -0.4 is 4.72 Å². The van der Waals surface area contributed by atoms with Crippen LogP contribution >= 0.6 is 0 Å². The van der Waals surface area contributed by atoms with E-state index in [1.807, 2.05) is 4.72 Å². The number of nitrogens with zero attached hydrogens (tertiary/aromatic N) is 3. The van der Waals surface area contributed by atoms with Gasteiger partial charge in [0.15, 0.2) is 0 Å². The second-order valence-electron chi connectivity index (χ2n) is 8.07. The molecule has 0 spiro atoms. The molecule has 1 N–H and O–H groups in total. The lowest BCUT2D eigenvalue weighted by atomic mass is 10.0. The number of para-hydroxylation sites is 1. The van der Waals surface area contributed by atoms with Crippen molar-refractivity contribution in [1.82, 2.24) is 19.4 Å². The summed E-state index contributed by atoms with van der Waals surface area (Å²) in [6, 6.07) is 7.79. The molecule has 0 unspecified atom stereocenters. The Labute approximate surface area is 193 Å². The second kappa shape index (κ2) is 9.71. The van der Waals surface area contributed by atoms with Gasteiger partial charge in [-0.1, -0.05) is 24.3 Å². The number of hydrogen-bond donors (Lipinski definition) is 1. The second-order valence-corrected chi connectivity index (χ2v) is 9.76. The van der Waals surface area contributed by atoms with Gasteiger partial charge in [0.1, 0.15) is 18.2 Å². The fourth-order valence-corrected chi connectivity index (χ4v) is 5.00. The van der Waals surface area contributed by atoms with Crippen LogP contribution in [-0.2, 0) is 21.4 Å². The molecule has 182 valence electrons. The van der Waals surface area contributed by atoms with Gasteiger partial charge in [0, 0.05) is 30.1 Å². The largest absolute Gasteiger partial charge is 0.350 e. The first-order valence-corrected chi connectivity index (χ1v) is 12.2. The Hall–Kier alpha value is -2.99. The fraction of sp³-hybridized carbons (Fsp3) is 0.364. The number of amides is 1. The lowest BCUT2D eigenvalue weighted by Gasteiger charge is -2.21. The molecule has 0 radical (unpaired) electrons. The van der Waals surface area contributed by atoms with Crippen molar-refractivity contribution in [2.75, 3.05) is 13.1 Å². The van der Waals surface area contributed by atoms with Gasteiger partial charge in [0.05, 0.1) is 17.3 Å². The number of likely N-dealkylation sites (tertiary alicyclic amines) is 1. The minimum Gasteiger partial charge on any atom is -0.341 e. The zero-order valence-corrected chi connectivity index (χ0v) is 18.7. The van der Waals surface area contributed by atoms with Crippen molar-refractivity contribution in [1.29, 1.82) is 0 Å². The maximum atomic E-state index is 14.5. The van der Waals surface area contributed by atoms with Gasteiger partial charge in [-0.2, -0.15) is 13.9 Å². The maximum absolute atomic E-state index is 14.5. The van der Waals surface area contributed by atoms with Gasteiger partial charge in [0.25, 0.3) is 10.0 Å². The average molecular weight is 499 g/mol. The van der Waals surface area contributed by atoms with Crippen LogP contribution in [0.25, 0.3) is 22.0 Å². The quantitative estimate of drug-likeness (QED) is 0.528. The van der Waals surface area contributed by atoms with E-state index in [4.69, 9.17) is 0 Å². The number of sulfonamides is 1. The molecule has 1 aliphatic rings. The van der Waals surface area contributed by atoms with Crippen LogP contribution in [-0.4, -0.2) is 53.9 Å². The highest BCUT2D eigenvalue weighted by molar-refractivity contribution is 7.89. The fourth-order valence-electron chi connectivity index (χ4n) is 4.20. The highest BCUT2D eigenvalue weighted by Gasteiger charge is 2.29. The molecule has 4 rings (SSSR count). The van der Waals surface area contributed by atoms with Crippen molar-refractivity contribution in [2.45, 2.75) is 37.6 Å². The normalized spacial score (nSPS) is 17.3. The molecule has 0 saturated carbocycles. The third-order valence-corrected chi connectivity index (χ3v) is 6.96. The van der Waals surface area contributed by atoms with Crippen molar-refractivity contribution in [3.8, 4) is 11.1 Å². The number of carbonyl (C=O) groups is 1. The van der Waals surface area contributed by atoms with Crippen LogP contribution in [0.5, 0.6) is 0 Å². The molecule has 1 saturated heterocycles. The number of hydrogen-bond acceptors (Lipinski definition) is 4. The molecule has 1 atom stereocenters. The summed E-state index contributed by atoms with van der Waals surface area (Å²) < 4.78 is 80.5. The van der Waals surface area contributed by atoms with Gasteiger partial charge in [-0.25, -0.2) is 21.9 Å². The molecule has 0 bridgehead atoms. The summed E-state index contributed by atoms with van der Waals surface area (Å²) in [5.41, 5.74) is 0.444. The van der Waals surface area contributed by atoms with E-state index < -0.39 is 33.5 Å². The summed E-state index contributed by atoms with van der Waals surface area (Å²) >= 11 is 0. The summed E-state index contributed by atoms with van der Waals surface area (Å²) in [7, 11) is -4.72. The van der Waals surface area contributed by atoms with Gasteiger partial charge < -0.3 is 4.90 Å². The molecule has 1 aromatic heterocycles. The molecule has 1 aliphatic heterocycles. The smallest absolute Gasteiger partial charge is 0.341 e. The first-order valence-electron chi connectivity index (χ1n) is 10.6. The Balaban J connectivity index is 1.54. The number of aromatic nitrogens is 2. The van der Waals surface area contributed by atoms with Gasteiger partial charge in [-0.05, 0) is 31.4 Å². The standard InChI is InChI=1S/C22H22F4N4O3S/c23-17-7-2-8-18(24)20(17)16-6-1-4-14-12-27-30(21(14)16)13-19(31)29-10-3-5-15(9-11-29)28-34(32,33)22(25)26/h1-2,4,6-8,12,15,22,28H,3,5,9-11,13H2/t15-/m0/s1. The topological polar surface area (TPSA) is 84.3 Å². The third kappa shape index (κ3) is 4.92. The Morgan fingerprint density at radius 2 is 1.79 bits per heavy atom. The molecule has 0 aliphatic carbocycles. The van der Waals surface area contributed by atoms with Crippen molar-refractivity contribution in [3.63, 3.8) is 0 Å². The Kier molecular flexibility index (Phi) is 6.89. The van der Waals surface area contributed by atoms with Gasteiger partial charge in [-0.3, -0.25) is 9.48 Å². The lowest BCUT2D eigenvalue weighted by molar-refractivity contribution is -0.131. The Morgan fingerprint density at radius 3 is 2.50 bits per heavy atom. The summed E-state index contributed by atoms with van der Waals surface area (Å²) in [5.74, 6) is -5.32. The van der Waals surface area contributed by atoms with Gasteiger partial charge >= 0.3 is 5.76 Å². The number of fused-ring (bicyclic) bond motifs is 1. The predicted octanol–water partition coefficient (Wildman–Crippen LogP) is 3.50. The summed E-state index contributed by atoms with van der Waals surface area (Å²) in [4.78, 5) is 14.5. The van der Waals surface area contributed by atoms with E-state index in [-0.39, 0.29) is 36.5 Å². The van der Waals surface area contributed by atoms with Gasteiger partial charge in [0.2, 0.25) is 5.91 Å². The van der Waals surface area contributed by atoms with E-state index in [0.29, 0.717) is 30.3 Å². The maximum Gasteiger partial charge on any atom is 0.350 e. The zero-order valence-electron chi connectivity index (χ0n) is 17.9. The van der Waals surface area contributed by atoms with Crippen molar-refractivity contribution >= 4 is 26.8 Å². The minimum atomic E-state index is -4.72. The number of alkyl halides is 2. The minimum absolute atomic E-state index is 0.170. The number of benzene rings is 2. The Bertz CT molecular complexity index is 1290. The SMILES string of the molecule is O=C(Cn1ncc2cccc(-c3c(F)cccc3F)c21)N1CCC[C@H](NS(=O)(=O)C(F)F)CC1. The first-order chi connectivity index (χ1) is 16.2. The predicted molar refractivity (Wildman–Crippen MR) is 117 cm³/mol. The summed E-state index contributed by atoms with van der Waals surface area (Å²) in [5, 5.41) is 4.83. The zero-order chi connectivity index (χ0) is 24.5. The highest BCUT2D eigenvalue weighted by Crippen LogP contribution is 2.32. The average Bonchev–Trinajstić information content (AvgIpc) is 3.04. The molecular formula is C22H22F4N4O3S. The van der Waals surface area contributed by atoms with E-state index in [9.17, 15) is 30.8 Å². The molecule has 7 nitrogen and oxygen atoms in total. The number of rotatable bonds is 6. The van der Waals surface area contributed by atoms with Crippen LogP contribution in [0.15, 0.2) is 42.6 Å². The van der Waals surface area contributed by atoms with Crippen LogP contribution in [0.1, 0.15) is 19.3 Å². The number of halogens is 4. The molecule has 1 fully saturated rings. The van der Waals surface area contributed by atoms with Crippen molar-refractivity contribution in [3.05, 3.63) is 54.2 Å². The summed E-state index contributed by atoms with van der Waals surface area (Å²) in [6.45, 7) is 0.285. The van der Waals surface area contributed by atoms with Crippen molar-refractivity contribution < 1.29 is 30.8 Å². The molecule has 12 heteroatoms. The number of carbonyl (C=O) groups excluding carboxylic acids is 1. The Morgan fingerprint density at radius 1 is 1.09 bits per heavy atom. The monoisotopic (exact) mass is 498 g/mol. The summed E-state index contributed by atoms with van der Waals surface area (Å²) in [6.07, 6.45) is 2.43. The van der Waals surface area contributed by atoms with E-state index in [1.165, 1.54) is 21.8 Å². The molecule has 3 aromatic rings. The third-order valence-electron chi connectivity index (χ3n) is 5.82. The molecular weight excluding hydrogens is 476 g/mol. The first kappa shape index (κ1) is 24.1. The van der Waals surface area contributed by atoms with Crippen LogP contribution in [0.2, 0.25) is 0 Å². The van der Waals surface area contributed by atoms with Crippen LogP contribution in [0.3, 0.4) is 0 Å². The van der Waals surface area contributed by atoms with E-state index in [1.54, 1.807) is 18.2 Å².